The number of aliphatic carboxylic acids is 3. The van der Waals surface area contributed by atoms with Crippen LogP contribution in [0.25, 0.3) is 0 Å². The van der Waals surface area contributed by atoms with Crippen molar-refractivity contribution in [3.05, 3.63) is 0 Å². The van der Waals surface area contributed by atoms with Gasteiger partial charge in [0, 0.05) is 58.9 Å². The summed E-state index contributed by atoms with van der Waals surface area (Å²) < 4.78 is 0. The number of rotatable bonds is 8. The molecule has 1 atom stereocenters. The monoisotopic (exact) mass is 446 g/mol. The molecule has 166 valence electrons. The molecule has 0 saturated carbocycles. The summed E-state index contributed by atoms with van der Waals surface area (Å²) >= 11 is 0. The molecule has 4 N–H and O–H groups in total. The molecule has 0 radical (unpaired) electrons. The van der Waals surface area contributed by atoms with Crippen LogP contribution in [0, 0.1) is 0 Å². The predicted octanol–water partition coefficient (Wildman–Crippen LogP) is -3.07. The Morgan fingerprint density at radius 1 is 0.655 bits per heavy atom. The van der Waals surface area contributed by atoms with Gasteiger partial charge in [0.25, 0.3) is 0 Å². The van der Waals surface area contributed by atoms with Crippen molar-refractivity contribution in [2.24, 2.45) is 0 Å². The van der Waals surface area contributed by atoms with Crippen molar-refractivity contribution >= 4 is 55.6 Å². The Hall–Kier alpha value is -0.530. The van der Waals surface area contributed by atoms with Gasteiger partial charge in [-0.15, -0.1) is 0 Å². The van der Waals surface area contributed by atoms with Crippen molar-refractivity contribution in [3.63, 3.8) is 0 Å². The van der Waals surface area contributed by atoms with Gasteiger partial charge in [-0.2, -0.15) is 0 Å². The molecule has 0 aromatic carbocycles. The van der Waals surface area contributed by atoms with E-state index in [2.05, 4.69) is 0 Å². The van der Waals surface area contributed by atoms with E-state index >= 15 is 0 Å². The van der Waals surface area contributed by atoms with Gasteiger partial charge in [0.2, 0.25) is 0 Å². The van der Waals surface area contributed by atoms with Crippen LogP contribution in [0.1, 0.15) is 6.92 Å². The van der Waals surface area contributed by atoms with Crippen molar-refractivity contribution < 1.29 is 34.8 Å². The number of carbonyl (C=O) groups is 3. The summed E-state index contributed by atoms with van der Waals surface area (Å²) in [5, 5.41) is 37.1. The van der Waals surface area contributed by atoms with E-state index in [1.807, 2.05) is 4.90 Å². The summed E-state index contributed by atoms with van der Waals surface area (Å²) in [6, 6.07) is 0. The molecule has 0 bridgehead atoms. The van der Waals surface area contributed by atoms with Gasteiger partial charge in [0.15, 0.2) is 0 Å². The van der Waals surface area contributed by atoms with Crippen LogP contribution in [-0.2, 0) is 14.4 Å². The van der Waals surface area contributed by atoms with Crippen LogP contribution >= 0.6 is 0 Å². The normalized spacial score (nSPS) is 20.1. The molecule has 0 aromatic heterocycles. The molecule has 11 nitrogen and oxygen atoms in total. The van der Waals surface area contributed by atoms with Crippen LogP contribution in [0.5, 0.6) is 0 Å². The number of aliphatic hydroxyl groups is 1. The van der Waals surface area contributed by atoms with E-state index in [0.717, 1.165) is 0 Å². The molecule has 0 amide bonds. The molecular formula is C17H34CaN4O7. The fraction of sp³-hybridized carbons (Fsp3) is 0.824. The van der Waals surface area contributed by atoms with Crippen molar-refractivity contribution in [2.45, 2.75) is 13.0 Å². The third kappa shape index (κ3) is 14.2. The number of hydrogen-bond donors (Lipinski definition) is 4. The zero-order chi connectivity index (χ0) is 21.1. The molecular weight excluding hydrogens is 412 g/mol. The third-order valence-electron chi connectivity index (χ3n) is 4.53. The van der Waals surface area contributed by atoms with Gasteiger partial charge < -0.3 is 20.4 Å². The molecule has 0 aromatic rings. The first-order valence-electron chi connectivity index (χ1n) is 9.38. The molecule has 12 heteroatoms. The Balaban J connectivity index is 0.00000784. The van der Waals surface area contributed by atoms with Crippen LogP contribution in [0.3, 0.4) is 0 Å². The van der Waals surface area contributed by atoms with E-state index in [9.17, 15) is 19.5 Å². The predicted molar refractivity (Wildman–Crippen MR) is 109 cm³/mol. The summed E-state index contributed by atoms with van der Waals surface area (Å²) in [5.41, 5.74) is 0. The average molecular weight is 447 g/mol. The van der Waals surface area contributed by atoms with E-state index < -0.39 is 24.0 Å². The van der Waals surface area contributed by atoms with Gasteiger partial charge in [-0.25, -0.2) is 0 Å². The minimum atomic E-state index is -0.982. The van der Waals surface area contributed by atoms with E-state index in [4.69, 9.17) is 15.3 Å². The van der Waals surface area contributed by atoms with Crippen molar-refractivity contribution in [1.29, 1.82) is 0 Å². The second kappa shape index (κ2) is 15.3. The second-order valence-electron chi connectivity index (χ2n) is 7.16. The second-order valence-corrected chi connectivity index (χ2v) is 7.16. The Kier molecular flexibility index (Phi) is 15.0. The maximum atomic E-state index is 11.1. The fourth-order valence-corrected chi connectivity index (χ4v) is 3.18. The molecule has 0 spiro atoms. The Morgan fingerprint density at radius 2 is 0.897 bits per heavy atom. The first-order valence-corrected chi connectivity index (χ1v) is 9.38. The Morgan fingerprint density at radius 3 is 1.10 bits per heavy atom. The third-order valence-corrected chi connectivity index (χ3v) is 4.53. The molecule has 1 heterocycles. The summed E-state index contributed by atoms with van der Waals surface area (Å²) in [6.45, 7) is 5.10. The number of carboxylic acids is 3. The van der Waals surface area contributed by atoms with E-state index in [1.165, 1.54) is 0 Å². The van der Waals surface area contributed by atoms with E-state index in [1.54, 1.807) is 21.6 Å². The quantitative estimate of drug-likeness (QED) is 0.282. The number of β-amino-alcohol motifs (C(OH)–C–C–N with tert-alkyl or cyclic N) is 1. The minimum absolute atomic E-state index is 0. The van der Waals surface area contributed by atoms with Crippen molar-refractivity contribution in [1.82, 2.24) is 19.6 Å². The van der Waals surface area contributed by atoms with E-state index in [-0.39, 0.29) is 57.4 Å². The summed E-state index contributed by atoms with van der Waals surface area (Å²) in [5.74, 6) is -2.89. The fourth-order valence-electron chi connectivity index (χ4n) is 3.18. The van der Waals surface area contributed by atoms with Gasteiger partial charge >= 0.3 is 55.6 Å². The SMILES string of the molecule is CC(O)CN1CCN(CC(=O)O)CCN(CC(=O)O)CCN(CC(=O)O)CC1.[CaH2]. The van der Waals surface area contributed by atoms with Crippen LogP contribution in [0.4, 0.5) is 0 Å². The number of nitrogens with zero attached hydrogens (tertiary/aromatic N) is 4. The summed E-state index contributed by atoms with van der Waals surface area (Å²) in [6.07, 6.45) is -0.556. The Bertz CT molecular complexity index is 492. The average Bonchev–Trinajstić information content (AvgIpc) is 2.55. The molecule has 1 saturated heterocycles. The number of aliphatic hydroxyl groups excluding tert-OH is 1. The maximum absolute atomic E-state index is 11.1. The topological polar surface area (TPSA) is 145 Å². The van der Waals surface area contributed by atoms with Crippen LogP contribution in [0.15, 0.2) is 0 Å². The van der Waals surface area contributed by atoms with E-state index in [0.29, 0.717) is 58.9 Å². The Labute approximate surface area is 200 Å². The van der Waals surface area contributed by atoms with Gasteiger partial charge in [-0.3, -0.25) is 34.0 Å². The standard InChI is InChI=1S/C17H32N4O7.Ca.2H/c1-14(22)10-18-2-4-19(11-15(23)24)6-8-21(13-17(27)28)9-7-20(5-3-18)12-16(25)26;;;/h14,22H,2-13H2,1H3,(H,23,24)(H,25,26)(H,27,28);;;. The molecule has 0 aliphatic carbocycles. The zero-order valence-corrected chi connectivity index (χ0v) is 16.4. The summed E-state index contributed by atoms with van der Waals surface area (Å²) in [4.78, 5) is 40.6. The number of carboxylic acid groups (broad SMARTS) is 3. The van der Waals surface area contributed by atoms with Crippen molar-refractivity contribution in [2.75, 3.05) is 78.5 Å². The van der Waals surface area contributed by atoms with Crippen LogP contribution in [-0.4, -0.2) is 180 Å². The van der Waals surface area contributed by atoms with Gasteiger partial charge in [0.05, 0.1) is 25.7 Å². The number of hydrogen-bond acceptors (Lipinski definition) is 8. The van der Waals surface area contributed by atoms with Gasteiger partial charge in [-0.05, 0) is 6.92 Å². The molecule has 1 fully saturated rings. The van der Waals surface area contributed by atoms with Crippen LogP contribution < -0.4 is 0 Å². The molecule has 1 aliphatic heterocycles. The first-order chi connectivity index (χ1) is 13.2. The molecule has 1 rings (SSSR count). The summed E-state index contributed by atoms with van der Waals surface area (Å²) in [7, 11) is 0. The van der Waals surface area contributed by atoms with Gasteiger partial charge in [0.1, 0.15) is 0 Å². The molecule has 1 unspecified atom stereocenters. The molecule has 1 aliphatic rings. The first kappa shape index (κ1) is 28.5. The molecule has 29 heavy (non-hydrogen) atoms. The zero-order valence-electron chi connectivity index (χ0n) is 16.4. The van der Waals surface area contributed by atoms with Gasteiger partial charge in [-0.1, -0.05) is 0 Å². The van der Waals surface area contributed by atoms with Crippen molar-refractivity contribution in [3.8, 4) is 0 Å². The van der Waals surface area contributed by atoms with Crippen LogP contribution in [0.2, 0.25) is 0 Å².